The van der Waals surface area contributed by atoms with Crippen LogP contribution in [-0.4, -0.2) is 35.6 Å². The summed E-state index contributed by atoms with van der Waals surface area (Å²) in [5.74, 6) is 0.717. The molecule has 0 bridgehead atoms. The summed E-state index contributed by atoms with van der Waals surface area (Å²) >= 11 is 0. The third-order valence-corrected chi connectivity index (χ3v) is 4.15. The van der Waals surface area contributed by atoms with Crippen LogP contribution in [0.4, 0.5) is 0 Å². The van der Waals surface area contributed by atoms with E-state index in [9.17, 15) is 9.59 Å². The number of likely N-dealkylation sites (tertiary alicyclic amines) is 1. The molecule has 120 valence electrons. The Bertz CT molecular complexity index is 744. The minimum atomic E-state index is -0.162. The zero-order valence-corrected chi connectivity index (χ0v) is 13.2. The van der Waals surface area contributed by atoms with Gasteiger partial charge in [-0.1, -0.05) is 0 Å². The van der Waals surface area contributed by atoms with E-state index in [4.69, 9.17) is 4.74 Å². The predicted octanol–water partition coefficient (Wildman–Crippen LogP) is 2.47. The molecule has 5 heteroatoms. The summed E-state index contributed by atoms with van der Waals surface area (Å²) in [7, 11) is 1.60. The number of piperidine rings is 1. The van der Waals surface area contributed by atoms with Crippen molar-refractivity contribution in [2.24, 2.45) is 0 Å². The Morgan fingerprint density at radius 2 is 1.70 bits per heavy atom. The molecule has 1 saturated heterocycles. The normalized spacial score (nSPS) is 14.6. The number of pyridine rings is 1. The van der Waals surface area contributed by atoms with Gasteiger partial charge in [0.2, 0.25) is 0 Å². The number of nitrogens with zero attached hydrogens (tertiary/aromatic N) is 2. The number of carbonyl (C=O) groups is 1. The Morgan fingerprint density at radius 3 is 2.35 bits per heavy atom. The Labute approximate surface area is 135 Å². The summed E-state index contributed by atoms with van der Waals surface area (Å²) in [6.07, 6.45) is 4.89. The van der Waals surface area contributed by atoms with Crippen molar-refractivity contribution in [1.29, 1.82) is 0 Å². The van der Waals surface area contributed by atoms with E-state index in [-0.39, 0.29) is 11.5 Å². The summed E-state index contributed by atoms with van der Waals surface area (Å²) in [6.45, 7) is 1.58. The second-order valence-electron chi connectivity index (χ2n) is 5.68. The van der Waals surface area contributed by atoms with Crippen molar-refractivity contribution < 1.29 is 9.53 Å². The number of rotatable bonds is 3. The topological polar surface area (TPSA) is 51.5 Å². The van der Waals surface area contributed by atoms with Crippen molar-refractivity contribution in [3.05, 3.63) is 58.5 Å². The molecule has 1 aliphatic rings. The van der Waals surface area contributed by atoms with Gasteiger partial charge < -0.3 is 9.64 Å². The van der Waals surface area contributed by atoms with Crippen LogP contribution in [0.3, 0.4) is 0 Å². The van der Waals surface area contributed by atoms with Crippen LogP contribution in [0, 0.1) is 0 Å². The van der Waals surface area contributed by atoms with Crippen LogP contribution in [0.2, 0.25) is 0 Å². The number of carbonyl (C=O) groups excluding carboxylic acids is 1. The van der Waals surface area contributed by atoms with Gasteiger partial charge in [0, 0.05) is 31.0 Å². The van der Waals surface area contributed by atoms with Gasteiger partial charge in [-0.3, -0.25) is 14.2 Å². The van der Waals surface area contributed by atoms with Crippen molar-refractivity contribution in [2.75, 3.05) is 20.2 Å². The first-order valence-corrected chi connectivity index (χ1v) is 7.85. The van der Waals surface area contributed by atoms with Gasteiger partial charge in [-0.25, -0.2) is 0 Å². The predicted molar refractivity (Wildman–Crippen MR) is 88.3 cm³/mol. The minimum Gasteiger partial charge on any atom is -0.497 e. The number of hydrogen-bond acceptors (Lipinski definition) is 3. The molecule has 5 nitrogen and oxygen atoms in total. The Kier molecular flexibility index (Phi) is 4.46. The van der Waals surface area contributed by atoms with Gasteiger partial charge in [0.1, 0.15) is 5.75 Å². The van der Waals surface area contributed by atoms with E-state index in [0.29, 0.717) is 11.3 Å². The minimum absolute atomic E-state index is 0.00744. The van der Waals surface area contributed by atoms with Gasteiger partial charge in [-0.15, -0.1) is 0 Å². The molecule has 1 amide bonds. The second-order valence-corrected chi connectivity index (χ2v) is 5.68. The first-order valence-electron chi connectivity index (χ1n) is 7.85. The van der Waals surface area contributed by atoms with Crippen molar-refractivity contribution in [3.8, 4) is 11.4 Å². The molecule has 0 spiro atoms. The average Bonchev–Trinajstić information content (AvgIpc) is 2.62. The first-order chi connectivity index (χ1) is 11.2. The standard InChI is InChI=1S/C18H20N2O3/c1-23-16-8-6-15(7-9-16)20-13-14(5-10-17(20)21)18(22)19-11-3-2-4-12-19/h5-10,13H,2-4,11-12H2,1H3. The van der Waals surface area contributed by atoms with Crippen LogP contribution in [0.5, 0.6) is 5.75 Å². The molecule has 0 N–H and O–H groups in total. The molecule has 1 aromatic heterocycles. The molecule has 1 fully saturated rings. The SMILES string of the molecule is COc1ccc(-n2cc(C(=O)N3CCCCC3)ccc2=O)cc1. The lowest BCUT2D eigenvalue weighted by Crippen LogP contribution is -2.36. The zero-order chi connectivity index (χ0) is 16.2. The van der Waals surface area contributed by atoms with Crippen LogP contribution in [0.25, 0.3) is 5.69 Å². The third-order valence-electron chi connectivity index (χ3n) is 4.15. The lowest BCUT2D eigenvalue weighted by atomic mass is 10.1. The van der Waals surface area contributed by atoms with Gasteiger partial charge in [0.15, 0.2) is 0 Å². The molecule has 0 radical (unpaired) electrons. The molecule has 1 aliphatic heterocycles. The molecule has 2 aromatic rings. The Balaban J connectivity index is 1.91. The van der Waals surface area contributed by atoms with Gasteiger partial charge >= 0.3 is 0 Å². The molecule has 0 atom stereocenters. The van der Waals surface area contributed by atoms with Gasteiger partial charge in [0.05, 0.1) is 12.7 Å². The molecule has 23 heavy (non-hydrogen) atoms. The number of amides is 1. The third kappa shape index (κ3) is 3.28. The monoisotopic (exact) mass is 312 g/mol. The number of ether oxygens (including phenoxy) is 1. The van der Waals surface area contributed by atoms with Crippen molar-refractivity contribution >= 4 is 5.91 Å². The molecule has 0 saturated carbocycles. The Hall–Kier alpha value is -2.56. The fourth-order valence-corrected chi connectivity index (χ4v) is 2.84. The maximum Gasteiger partial charge on any atom is 0.255 e. The van der Waals surface area contributed by atoms with Crippen LogP contribution < -0.4 is 10.3 Å². The number of benzene rings is 1. The van der Waals surface area contributed by atoms with Crippen LogP contribution in [0.1, 0.15) is 29.6 Å². The smallest absolute Gasteiger partial charge is 0.255 e. The van der Waals surface area contributed by atoms with E-state index in [2.05, 4.69) is 0 Å². The highest BCUT2D eigenvalue weighted by atomic mass is 16.5. The fraction of sp³-hybridized carbons (Fsp3) is 0.333. The largest absolute Gasteiger partial charge is 0.497 e. The molecule has 2 heterocycles. The van der Waals surface area contributed by atoms with E-state index >= 15 is 0 Å². The van der Waals surface area contributed by atoms with Gasteiger partial charge in [-0.05, 0) is 49.6 Å². The summed E-state index contributed by atoms with van der Waals surface area (Å²) in [4.78, 5) is 26.6. The van der Waals surface area contributed by atoms with E-state index in [1.807, 2.05) is 4.90 Å². The van der Waals surface area contributed by atoms with Crippen molar-refractivity contribution in [3.63, 3.8) is 0 Å². The van der Waals surface area contributed by atoms with E-state index < -0.39 is 0 Å². The maximum atomic E-state index is 12.6. The summed E-state index contributed by atoms with van der Waals surface area (Å²) in [5.41, 5.74) is 1.09. The lowest BCUT2D eigenvalue weighted by Gasteiger charge is -2.26. The van der Waals surface area contributed by atoms with E-state index in [0.717, 1.165) is 31.7 Å². The highest BCUT2D eigenvalue weighted by Gasteiger charge is 2.18. The van der Waals surface area contributed by atoms with Crippen molar-refractivity contribution in [1.82, 2.24) is 9.47 Å². The number of methoxy groups -OCH3 is 1. The summed E-state index contributed by atoms with van der Waals surface area (Å²) in [5, 5.41) is 0. The number of hydrogen-bond donors (Lipinski definition) is 0. The van der Waals surface area contributed by atoms with Crippen LogP contribution in [0.15, 0.2) is 47.4 Å². The highest BCUT2D eigenvalue weighted by Crippen LogP contribution is 2.16. The van der Waals surface area contributed by atoms with Gasteiger partial charge in [-0.2, -0.15) is 0 Å². The average molecular weight is 312 g/mol. The molecular formula is C18H20N2O3. The number of aromatic nitrogens is 1. The molecule has 0 unspecified atom stereocenters. The van der Waals surface area contributed by atoms with Crippen LogP contribution in [-0.2, 0) is 0 Å². The highest BCUT2D eigenvalue weighted by molar-refractivity contribution is 5.94. The molecular weight excluding hydrogens is 292 g/mol. The van der Waals surface area contributed by atoms with Gasteiger partial charge in [0.25, 0.3) is 11.5 Å². The quantitative estimate of drug-likeness (QED) is 0.875. The molecule has 3 rings (SSSR count). The van der Waals surface area contributed by atoms with E-state index in [1.165, 1.54) is 17.1 Å². The zero-order valence-electron chi connectivity index (χ0n) is 13.2. The second kappa shape index (κ2) is 6.69. The van der Waals surface area contributed by atoms with E-state index in [1.54, 1.807) is 43.6 Å². The lowest BCUT2D eigenvalue weighted by molar-refractivity contribution is 0.0723. The molecule has 0 aliphatic carbocycles. The first kappa shape index (κ1) is 15.3. The summed E-state index contributed by atoms with van der Waals surface area (Å²) < 4.78 is 6.63. The fourth-order valence-electron chi connectivity index (χ4n) is 2.84. The van der Waals surface area contributed by atoms with Crippen molar-refractivity contribution in [2.45, 2.75) is 19.3 Å². The maximum absolute atomic E-state index is 12.6. The Morgan fingerprint density at radius 1 is 1.00 bits per heavy atom. The molecule has 1 aromatic carbocycles. The summed E-state index contributed by atoms with van der Waals surface area (Å²) in [6, 6.07) is 10.2. The van der Waals surface area contributed by atoms with Crippen LogP contribution >= 0.6 is 0 Å².